The van der Waals surface area contributed by atoms with Gasteiger partial charge in [0.15, 0.2) is 0 Å². The molecule has 0 aromatic heterocycles. The highest BCUT2D eigenvalue weighted by atomic mass is 15.2. The van der Waals surface area contributed by atoms with E-state index in [1.807, 2.05) is 0 Å². The van der Waals surface area contributed by atoms with Crippen molar-refractivity contribution in [3.8, 4) is 0 Å². The SMILES string of the molecule is CCCC(C)N1CCC(NC2CC2)C1. The van der Waals surface area contributed by atoms with Crippen molar-refractivity contribution in [2.45, 2.75) is 64.1 Å². The van der Waals surface area contributed by atoms with E-state index in [0.29, 0.717) is 0 Å². The molecule has 0 amide bonds. The fourth-order valence-electron chi connectivity index (χ4n) is 2.51. The van der Waals surface area contributed by atoms with Crippen LogP contribution < -0.4 is 5.32 Å². The summed E-state index contributed by atoms with van der Waals surface area (Å²) in [4.78, 5) is 2.66. The molecule has 14 heavy (non-hydrogen) atoms. The first kappa shape index (κ1) is 10.4. The topological polar surface area (TPSA) is 15.3 Å². The molecule has 1 N–H and O–H groups in total. The number of hydrogen-bond donors (Lipinski definition) is 1. The number of hydrogen-bond acceptors (Lipinski definition) is 2. The Bertz CT molecular complexity index is 177. The molecule has 1 aliphatic heterocycles. The Labute approximate surface area is 88.1 Å². The molecule has 82 valence electrons. The lowest BCUT2D eigenvalue weighted by atomic mass is 10.2. The molecule has 2 aliphatic rings. The third-order valence-electron chi connectivity index (χ3n) is 3.60. The van der Waals surface area contributed by atoms with Gasteiger partial charge < -0.3 is 5.32 Å². The zero-order valence-electron chi connectivity index (χ0n) is 9.63. The largest absolute Gasteiger partial charge is 0.310 e. The molecular formula is C12H24N2. The number of nitrogens with one attached hydrogen (secondary N) is 1. The first-order valence-corrected chi connectivity index (χ1v) is 6.29. The van der Waals surface area contributed by atoms with Crippen molar-refractivity contribution in [2.24, 2.45) is 0 Å². The molecule has 2 fully saturated rings. The Hall–Kier alpha value is -0.0800. The number of rotatable bonds is 5. The second-order valence-electron chi connectivity index (χ2n) is 5.06. The van der Waals surface area contributed by atoms with E-state index in [-0.39, 0.29) is 0 Å². The maximum atomic E-state index is 3.74. The van der Waals surface area contributed by atoms with E-state index < -0.39 is 0 Å². The molecule has 1 saturated heterocycles. The number of nitrogens with zero attached hydrogens (tertiary/aromatic N) is 1. The van der Waals surface area contributed by atoms with Crippen LogP contribution in [0.3, 0.4) is 0 Å². The van der Waals surface area contributed by atoms with Gasteiger partial charge in [-0.1, -0.05) is 13.3 Å². The van der Waals surface area contributed by atoms with Gasteiger partial charge >= 0.3 is 0 Å². The summed E-state index contributed by atoms with van der Waals surface area (Å²) in [6, 6.07) is 2.47. The summed E-state index contributed by atoms with van der Waals surface area (Å²) in [6.45, 7) is 7.26. The van der Waals surface area contributed by atoms with Crippen LogP contribution in [-0.4, -0.2) is 36.1 Å². The molecule has 2 heteroatoms. The van der Waals surface area contributed by atoms with Crippen molar-refractivity contribution in [1.29, 1.82) is 0 Å². The summed E-state index contributed by atoms with van der Waals surface area (Å²) in [6.07, 6.45) is 6.88. The second-order valence-corrected chi connectivity index (χ2v) is 5.06. The Morgan fingerprint density at radius 2 is 2.07 bits per heavy atom. The zero-order valence-corrected chi connectivity index (χ0v) is 9.63. The van der Waals surface area contributed by atoms with Crippen molar-refractivity contribution >= 4 is 0 Å². The van der Waals surface area contributed by atoms with Crippen LogP contribution in [0.25, 0.3) is 0 Å². The van der Waals surface area contributed by atoms with Crippen LogP contribution in [-0.2, 0) is 0 Å². The van der Waals surface area contributed by atoms with Gasteiger partial charge in [-0.25, -0.2) is 0 Å². The maximum Gasteiger partial charge on any atom is 0.0209 e. The van der Waals surface area contributed by atoms with Crippen LogP contribution >= 0.6 is 0 Å². The predicted octanol–water partition coefficient (Wildman–Crippen LogP) is 2.00. The van der Waals surface area contributed by atoms with E-state index in [2.05, 4.69) is 24.1 Å². The van der Waals surface area contributed by atoms with Crippen LogP contribution in [0, 0.1) is 0 Å². The fourth-order valence-corrected chi connectivity index (χ4v) is 2.51. The van der Waals surface area contributed by atoms with Crippen LogP contribution in [0.15, 0.2) is 0 Å². The highest BCUT2D eigenvalue weighted by Gasteiger charge is 2.30. The normalized spacial score (nSPS) is 30.9. The van der Waals surface area contributed by atoms with E-state index in [4.69, 9.17) is 0 Å². The van der Waals surface area contributed by atoms with Gasteiger partial charge in [0.1, 0.15) is 0 Å². The molecule has 0 radical (unpaired) electrons. The Morgan fingerprint density at radius 3 is 2.71 bits per heavy atom. The minimum atomic E-state index is 0.793. The monoisotopic (exact) mass is 196 g/mol. The van der Waals surface area contributed by atoms with Gasteiger partial charge in [-0.2, -0.15) is 0 Å². The molecule has 2 unspecified atom stereocenters. The molecule has 1 saturated carbocycles. The first-order chi connectivity index (χ1) is 6.79. The lowest BCUT2D eigenvalue weighted by molar-refractivity contribution is 0.239. The molecule has 2 atom stereocenters. The van der Waals surface area contributed by atoms with Crippen molar-refractivity contribution < 1.29 is 0 Å². The standard InChI is InChI=1S/C12H24N2/c1-3-4-10(2)14-8-7-12(9-14)13-11-5-6-11/h10-13H,3-9H2,1-2H3. The summed E-state index contributed by atoms with van der Waals surface area (Å²) in [5.41, 5.74) is 0. The Kier molecular flexibility index (Phi) is 3.45. The summed E-state index contributed by atoms with van der Waals surface area (Å²) in [7, 11) is 0. The van der Waals surface area contributed by atoms with E-state index in [1.54, 1.807) is 0 Å². The highest BCUT2D eigenvalue weighted by molar-refractivity contribution is 4.90. The first-order valence-electron chi connectivity index (χ1n) is 6.29. The van der Waals surface area contributed by atoms with E-state index >= 15 is 0 Å². The van der Waals surface area contributed by atoms with Gasteiger partial charge in [-0.15, -0.1) is 0 Å². The lowest BCUT2D eigenvalue weighted by Gasteiger charge is -2.24. The Morgan fingerprint density at radius 1 is 1.29 bits per heavy atom. The van der Waals surface area contributed by atoms with Gasteiger partial charge in [0.2, 0.25) is 0 Å². The Balaban J connectivity index is 1.69. The minimum Gasteiger partial charge on any atom is -0.310 e. The van der Waals surface area contributed by atoms with Gasteiger partial charge in [-0.3, -0.25) is 4.90 Å². The molecule has 0 spiro atoms. The highest BCUT2D eigenvalue weighted by Crippen LogP contribution is 2.23. The molecule has 1 aliphatic carbocycles. The number of likely N-dealkylation sites (tertiary alicyclic amines) is 1. The van der Waals surface area contributed by atoms with Gasteiger partial charge in [0.05, 0.1) is 0 Å². The van der Waals surface area contributed by atoms with Crippen LogP contribution in [0.4, 0.5) is 0 Å². The predicted molar refractivity (Wildman–Crippen MR) is 60.5 cm³/mol. The quantitative estimate of drug-likeness (QED) is 0.723. The van der Waals surface area contributed by atoms with Crippen LogP contribution in [0.2, 0.25) is 0 Å². The van der Waals surface area contributed by atoms with Crippen LogP contribution in [0.5, 0.6) is 0 Å². The molecular weight excluding hydrogens is 172 g/mol. The van der Waals surface area contributed by atoms with E-state index in [9.17, 15) is 0 Å². The van der Waals surface area contributed by atoms with E-state index in [1.165, 1.54) is 45.2 Å². The molecule has 2 nitrogen and oxygen atoms in total. The summed E-state index contributed by atoms with van der Waals surface area (Å²) in [5, 5.41) is 3.74. The van der Waals surface area contributed by atoms with Gasteiger partial charge in [0.25, 0.3) is 0 Å². The van der Waals surface area contributed by atoms with Crippen molar-refractivity contribution in [3.63, 3.8) is 0 Å². The summed E-state index contributed by atoms with van der Waals surface area (Å²) in [5.74, 6) is 0. The molecule has 0 bridgehead atoms. The molecule has 0 aromatic carbocycles. The maximum absolute atomic E-state index is 3.74. The third kappa shape index (κ3) is 2.71. The fraction of sp³-hybridized carbons (Fsp3) is 1.00. The van der Waals surface area contributed by atoms with E-state index in [0.717, 1.165) is 18.1 Å². The third-order valence-corrected chi connectivity index (χ3v) is 3.60. The van der Waals surface area contributed by atoms with Crippen molar-refractivity contribution in [1.82, 2.24) is 10.2 Å². The molecule has 0 aromatic rings. The molecule has 1 heterocycles. The van der Waals surface area contributed by atoms with Crippen molar-refractivity contribution in [3.05, 3.63) is 0 Å². The lowest BCUT2D eigenvalue weighted by Crippen LogP contribution is -2.37. The van der Waals surface area contributed by atoms with Crippen LogP contribution in [0.1, 0.15) is 46.0 Å². The van der Waals surface area contributed by atoms with Gasteiger partial charge in [-0.05, 0) is 32.6 Å². The molecule has 2 rings (SSSR count). The van der Waals surface area contributed by atoms with Crippen molar-refractivity contribution in [2.75, 3.05) is 13.1 Å². The smallest absolute Gasteiger partial charge is 0.0209 e. The average molecular weight is 196 g/mol. The minimum absolute atomic E-state index is 0.793. The average Bonchev–Trinajstić information content (AvgIpc) is 2.82. The second kappa shape index (κ2) is 4.63. The summed E-state index contributed by atoms with van der Waals surface area (Å²) < 4.78 is 0. The zero-order chi connectivity index (χ0) is 9.97. The van der Waals surface area contributed by atoms with Gasteiger partial charge in [0, 0.05) is 31.2 Å². The summed E-state index contributed by atoms with van der Waals surface area (Å²) >= 11 is 0.